The molecular formula is C13H20ClN3O2. The van der Waals surface area contributed by atoms with E-state index in [0.717, 1.165) is 19.5 Å². The Morgan fingerprint density at radius 1 is 1.53 bits per heavy atom. The molecule has 1 aromatic rings. The van der Waals surface area contributed by atoms with Crippen LogP contribution in [0.2, 0.25) is 0 Å². The first-order chi connectivity index (χ1) is 8.69. The molecule has 19 heavy (non-hydrogen) atoms. The fourth-order valence-electron chi connectivity index (χ4n) is 2.15. The summed E-state index contributed by atoms with van der Waals surface area (Å²) in [7, 11) is 1.59. The highest BCUT2D eigenvalue weighted by atomic mass is 35.5. The number of anilines is 1. The lowest BCUT2D eigenvalue weighted by molar-refractivity contribution is -0.117. The normalized spacial score (nSPS) is 18.7. The molecule has 0 aromatic heterocycles. The number of nitrogens with two attached hydrogens (primary N) is 1. The first-order valence-electron chi connectivity index (χ1n) is 6.10. The molecule has 6 heteroatoms. The molecule has 1 heterocycles. The minimum Gasteiger partial charge on any atom is -0.495 e. The Morgan fingerprint density at radius 2 is 2.26 bits per heavy atom. The number of ether oxygens (including phenoxy) is 1. The molecule has 0 bridgehead atoms. The van der Waals surface area contributed by atoms with Crippen molar-refractivity contribution in [3.05, 3.63) is 24.3 Å². The summed E-state index contributed by atoms with van der Waals surface area (Å²) in [6.07, 6.45) is 0.960. The molecule has 1 atom stereocenters. The van der Waals surface area contributed by atoms with Gasteiger partial charge in [-0.1, -0.05) is 12.1 Å². The SMILES string of the molecule is COc1ccccc1NC(=O)CN1CC[C@H](N)C1.Cl. The lowest BCUT2D eigenvalue weighted by Gasteiger charge is -2.15. The van der Waals surface area contributed by atoms with Gasteiger partial charge >= 0.3 is 0 Å². The van der Waals surface area contributed by atoms with Gasteiger partial charge in [-0.2, -0.15) is 0 Å². The first-order valence-corrected chi connectivity index (χ1v) is 6.10. The van der Waals surface area contributed by atoms with Crippen molar-refractivity contribution in [3.63, 3.8) is 0 Å². The number of nitrogens with one attached hydrogen (secondary N) is 1. The van der Waals surface area contributed by atoms with Crippen LogP contribution in [0.15, 0.2) is 24.3 Å². The second-order valence-corrected chi connectivity index (χ2v) is 4.53. The predicted octanol–water partition coefficient (Wildman–Crippen LogP) is 1.09. The third kappa shape index (κ3) is 4.38. The highest BCUT2D eigenvalue weighted by molar-refractivity contribution is 5.93. The van der Waals surface area contributed by atoms with Crippen LogP contribution < -0.4 is 15.8 Å². The zero-order chi connectivity index (χ0) is 13.0. The van der Waals surface area contributed by atoms with Crippen LogP contribution in [0, 0.1) is 0 Å². The van der Waals surface area contributed by atoms with Gasteiger partial charge in [-0.05, 0) is 18.6 Å². The number of nitrogens with zero attached hydrogens (tertiary/aromatic N) is 1. The topological polar surface area (TPSA) is 67.6 Å². The smallest absolute Gasteiger partial charge is 0.238 e. The Labute approximate surface area is 119 Å². The molecule has 1 aliphatic heterocycles. The van der Waals surface area contributed by atoms with E-state index in [1.165, 1.54) is 0 Å². The molecule has 5 nitrogen and oxygen atoms in total. The predicted molar refractivity (Wildman–Crippen MR) is 77.9 cm³/mol. The van der Waals surface area contributed by atoms with Gasteiger partial charge in [-0.3, -0.25) is 9.69 Å². The van der Waals surface area contributed by atoms with E-state index in [9.17, 15) is 4.79 Å². The lowest BCUT2D eigenvalue weighted by Crippen LogP contribution is -2.33. The average molecular weight is 286 g/mol. The summed E-state index contributed by atoms with van der Waals surface area (Å²) in [6, 6.07) is 7.58. The largest absolute Gasteiger partial charge is 0.495 e. The van der Waals surface area contributed by atoms with Crippen LogP contribution in [-0.4, -0.2) is 43.6 Å². The van der Waals surface area contributed by atoms with Crippen molar-refractivity contribution in [2.75, 3.05) is 32.1 Å². The van der Waals surface area contributed by atoms with E-state index in [4.69, 9.17) is 10.5 Å². The first kappa shape index (κ1) is 15.8. The van der Waals surface area contributed by atoms with E-state index in [2.05, 4.69) is 10.2 Å². The number of carbonyl (C=O) groups is 1. The molecule has 0 radical (unpaired) electrons. The number of hydrogen-bond acceptors (Lipinski definition) is 4. The van der Waals surface area contributed by atoms with Crippen LogP contribution in [0.4, 0.5) is 5.69 Å². The number of likely N-dealkylation sites (tertiary alicyclic amines) is 1. The maximum atomic E-state index is 11.9. The monoisotopic (exact) mass is 285 g/mol. The van der Waals surface area contributed by atoms with Crippen LogP contribution >= 0.6 is 12.4 Å². The van der Waals surface area contributed by atoms with E-state index in [-0.39, 0.29) is 24.4 Å². The van der Waals surface area contributed by atoms with Crippen LogP contribution in [0.1, 0.15) is 6.42 Å². The Kier molecular flexibility index (Phi) is 6.08. The molecular weight excluding hydrogens is 266 g/mol. The molecule has 2 rings (SSSR count). The molecule has 1 amide bonds. The van der Waals surface area contributed by atoms with Gasteiger partial charge in [0.25, 0.3) is 0 Å². The molecule has 0 aliphatic carbocycles. The van der Waals surface area contributed by atoms with Crippen LogP contribution in [0.3, 0.4) is 0 Å². The summed E-state index contributed by atoms with van der Waals surface area (Å²) in [5.74, 6) is 0.637. The Bertz CT molecular complexity index is 428. The van der Waals surface area contributed by atoms with Gasteiger partial charge in [0, 0.05) is 19.1 Å². The second-order valence-electron chi connectivity index (χ2n) is 4.53. The lowest BCUT2D eigenvalue weighted by atomic mass is 10.3. The van der Waals surface area contributed by atoms with Crippen molar-refractivity contribution in [1.82, 2.24) is 4.90 Å². The van der Waals surface area contributed by atoms with Crippen LogP contribution in [-0.2, 0) is 4.79 Å². The van der Waals surface area contributed by atoms with E-state index in [0.29, 0.717) is 18.0 Å². The average Bonchev–Trinajstić information content (AvgIpc) is 2.75. The highest BCUT2D eigenvalue weighted by Crippen LogP contribution is 2.22. The summed E-state index contributed by atoms with van der Waals surface area (Å²) in [6.45, 7) is 2.06. The van der Waals surface area contributed by atoms with Crippen LogP contribution in [0.25, 0.3) is 0 Å². The zero-order valence-electron chi connectivity index (χ0n) is 11.0. The maximum Gasteiger partial charge on any atom is 0.238 e. The number of methoxy groups -OCH3 is 1. The number of rotatable bonds is 4. The molecule has 0 spiro atoms. The maximum absolute atomic E-state index is 11.9. The second kappa shape index (κ2) is 7.33. The molecule has 0 unspecified atom stereocenters. The van der Waals surface area contributed by atoms with E-state index >= 15 is 0 Å². The minimum atomic E-state index is -0.0337. The van der Waals surface area contributed by atoms with Gasteiger partial charge in [0.1, 0.15) is 5.75 Å². The standard InChI is InChI=1S/C13H19N3O2.ClH/c1-18-12-5-3-2-4-11(12)15-13(17)9-16-7-6-10(14)8-16;/h2-5,10H,6-9,14H2,1H3,(H,15,17);1H/t10-;/m0./s1. The molecule has 1 fully saturated rings. The van der Waals surface area contributed by atoms with Gasteiger partial charge in [-0.25, -0.2) is 0 Å². The van der Waals surface area contributed by atoms with Crippen molar-refractivity contribution in [3.8, 4) is 5.75 Å². The molecule has 0 saturated carbocycles. The number of halogens is 1. The van der Waals surface area contributed by atoms with Crippen molar-refractivity contribution < 1.29 is 9.53 Å². The molecule has 1 saturated heterocycles. The molecule has 1 aromatic carbocycles. The minimum absolute atomic E-state index is 0. The van der Waals surface area contributed by atoms with Gasteiger partial charge < -0.3 is 15.8 Å². The number of amides is 1. The fourth-order valence-corrected chi connectivity index (χ4v) is 2.15. The number of benzene rings is 1. The zero-order valence-corrected chi connectivity index (χ0v) is 11.8. The summed E-state index contributed by atoms with van der Waals surface area (Å²) in [5, 5.41) is 2.86. The third-order valence-electron chi connectivity index (χ3n) is 3.06. The van der Waals surface area contributed by atoms with Crippen LogP contribution in [0.5, 0.6) is 5.75 Å². The summed E-state index contributed by atoms with van der Waals surface area (Å²) in [5.41, 5.74) is 6.51. The van der Waals surface area contributed by atoms with Gasteiger partial charge in [-0.15, -0.1) is 12.4 Å². The van der Waals surface area contributed by atoms with Gasteiger partial charge in [0.15, 0.2) is 0 Å². The number of hydrogen-bond donors (Lipinski definition) is 2. The van der Waals surface area contributed by atoms with Crippen molar-refractivity contribution in [1.29, 1.82) is 0 Å². The summed E-state index contributed by atoms with van der Waals surface area (Å²) < 4.78 is 5.18. The van der Waals surface area contributed by atoms with Gasteiger partial charge in [0.05, 0.1) is 19.3 Å². The molecule has 1 aliphatic rings. The van der Waals surface area contributed by atoms with Crippen molar-refractivity contribution in [2.45, 2.75) is 12.5 Å². The van der Waals surface area contributed by atoms with E-state index in [1.807, 2.05) is 24.3 Å². The Hall–Kier alpha value is -1.30. The van der Waals surface area contributed by atoms with Crippen molar-refractivity contribution in [2.24, 2.45) is 5.73 Å². The Morgan fingerprint density at radius 3 is 2.89 bits per heavy atom. The quantitative estimate of drug-likeness (QED) is 0.869. The Balaban J connectivity index is 0.00000180. The molecule has 106 valence electrons. The fraction of sp³-hybridized carbons (Fsp3) is 0.462. The highest BCUT2D eigenvalue weighted by Gasteiger charge is 2.21. The summed E-state index contributed by atoms with van der Waals surface area (Å²) in [4.78, 5) is 14.0. The van der Waals surface area contributed by atoms with E-state index < -0.39 is 0 Å². The summed E-state index contributed by atoms with van der Waals surface area (Å²) >= 11 is 0. The third-order valence-corrected chi connectivity index (χ3v) is 3.06. The van der Waals surface area contributed by atoms with Crippen molar-refractivity contribution >= 4 is 24.0 Å². The molecule has 3 N–H and O–H groups in total. The van der Waals surface area contributed by atoms with Gasteiger partial charge in [0.2, 0.25) is 5.91 Å². The number of carbonyl (C=O) groups excluding carboxylic acids is 1. The number of para-hydroxylation sites is 2. The van der Waals surface area contributed by atoms with E-state index in [1.54, 1.807) is 7.11 Å².